The van der Waals surface area contributed by atoms with E-state index in [1.165, 1.54) is 6.20 Å². The zero-order valence-corrected chi connectivity index (χ0v) is 10.9. The third-order valence-electron chi connectivity index (χ3n) is 2.99. The smallest absolute Gasteiger partial charge is 0.222 e. The lowest BCUT2D eigenvalue weighted by Gasteiger charge is -2.09. The number of aryl methyl sites for hydroxylation is 1. The predicted molar refractivity (Wildman–Crippen MR) is 76.2 cm³/mol. The Labute approximate surface area is 116 Å². The minimum atomic E-state index is 0.480. The second-order valence-electron chi connectivity index (χ2n) is 4.44. The molecule has 0 bridgehead atoms. The van der Waals surface area contributed by atoms with Crippen molar-refractivity contribution in [3.05, 3.63) is 59.9 Å². The standard InChI is InChI=1S/C16H12N2O2/c1-11-8-12(10-19)9-18-16(11)20-14-6-2-4-13-5-3-7-17-15(13)14/h2-10H,1H3. The third kappa shape index (κ3) is 2.23. The van der Waals surface area contributed by atoms with E-state index in [4.69, 9.17) is 4.74 Å². The van der Waals surface area contributed by atoms with Gasteiger partial charge >= 0.3 is 0 Å². The zero-order valence-electron chi connectivity index (χ0n) is 10.9. The molecule has 0 aliphatic rings. The molecule has 0 N–H and O–H groups in total. The topological polar surface area (TPSA) is 52.1 Å². The van der Waals surface area contributed by atoms with Crippen molar-refractivity contribution in [1.82, 2.24) is 9.97 Å². The maximum absolute atomic E-state index is 10.7. The molecule has 0 atom stereocenters. The maximum atomic E-state index is 10.7. The molecular formula is C16H12N2O2. The highest BCUT2D eigenvalue weighted by atomic mass is 16.5. The van der Waals surface area contributed by atoms with Crippen LogP contribution in [0.3, 0.4) is 0 Å². The van der Waals surface area contributed by atoms with E-state index in [0.29, 0.717) is 17.2 Å². The first-order valence-electron chi connectivity index (χ1n) is 6.21. The van der Waals surface area contributed by atoms with Crippen LogP contribution in [-0.2, 0) is 0 Å². The summed E-state index contributed by atoms with van der Waals surface area (Å²) in [6.45, 7) is 1.86. The fraction of sp³-hybridized carbons (Fsp3) is 0.0625. The van der Waals surface area contributed by atoms with Gasteiger partial charge in [-0.1, -0.05) is 18.2 Å². The SMILES string of the molecule is Cc1cc(C=O)cnc1Oc1cccc2cccnc12. The van der Waals surface area contributed by atoms with E-state index in [0.717, 1.165) is 22.8 Å². The second-order valence-corrected chi connectivity index (χ2v) is 4.44. The van der Waals surface area contributed by atoms with E-state index in [-0.39, 0.29) is 0 Å². The fourth-order valence-electron chi connectivity index (χ4n) is 2.02. The van der Waals surface area contributed by atoms with Gasteiger partial charge in [-0.3, -0.25) is 9.78 Å². The Morgan fingerprint density at radius 1 is 1.15 bits per heavy atom. The van der Waals surface area contributed by atoms with E-state index >= 15 is 0 Å². The number of carbonyl (C=O) groups is 1. The summed E-state index contributed by atoms with van der Waals surface area (Å²) in [4.78, 5) is 19.2. The first kappa shape index (κ1) is 12.3. The van der Waals surface area contributed by atoms with Crippen LogP contribution in [0.15, 0.2) is 48.8 Å². The Morgan fingerprint density at radius 3 is 2.80 bits per heavy atom. The summed E-state index contributed by atoms with van der Waals surface area (Å²) in [6.07, 6.45) is 3.99. The van der Waals surface area contributed by atoms with Crippen molar-refractivity contribution in [1.29, 1.82) is 0 Å². The minimum Gasteiger partial charge on any atom is -0.436 e. The summed E-state index contributed by atoms with van der Waals surface area (Å²) in [5, 5.41) is 1.01. The second kappa shape index (κ2) is 5.09. The molecule has 98 valence electrons. The van der Waals surface area contributed by atoms with Crippen molar-refractivity contribution >= 4 is 17.2 Å². The molecule has 0 spiro atoms. The van der Waals surface area contributed by atoms with Crippen LogP contribution >= 0.6 is 0 Å². The van der Waals surface area contributed by atoms with Gasteiger partial charge in [0.1, 0.15) is 5.52 Å². The van der Waals surface area contributed by atoms with E-state index in [1.807, 2.05) is 37.3 Å². The van der Waals surface area contributed by atoms with Crippen LogP contribution in [-0.4, -0.2) is 16.3 Å². The summed E-state index contributed by atoms with van der Waals surface area (Å²) < 4.78 is 5.83. The molecule has 4 heteroatoms. The van der Waals surface area contributed by atoms with Gasteiger partial charge in [-0.05, 0) is 25.1 Å². The normalized spacial score (nSPS) is 10.4. The monoisotopic (exact) mass is 264 g/mol. The molecule has 0 aliphatic heterocycles. The Hall–Kier alpha value is -2.75. The lowest BCUT2D eigenvalue weighted by molar-refractivity contribution is 0.112. The number of para-hydroxylation sites is 1. The molecule has 0 aliphatic carbocycles. The largest absolute Gasteiger partial charge is 0.436 e. The van der Waals surface area contributed by atoms with E-state index in [1.54, 1.807) is 12.3 Å². The third-order valence-corrected chi connectivity index (χ3v) is 2.99. The van der Waals surface area contributed by atoms with Gasteiger partial charge in [0.15, 0.2) is 12.0 Å². The minimum absolute atomic E-state index is 0.480. The number of hydrogen-bond donors (Lipinski definition) is 0. The number of carbonyl (C=O) groups excluding carboxylic acids is 1. The molecule has 2 heterocycles. The number of benzene rings is 1. The lowest BCUT2D eigenvalue weighted by atomic mass is 10.2. The Balaban J connectivity index is 2.03. The average Bonchev–Trinajstić information content (AvgIpc) is 2.49. The van der Waals surface area contributed by atoms with Gasteiger partial charge in [-0.25, -0.2) is 4.98 Å². The number of rotatable bonds is 3. The number of aromatic nitrogens is 2. The number of fused-ring (bicyclic) bond motifs is 1. The van der Waals surface area contributed by atoms with Crippen LogP contribution in [0.4, 0.5) is 0 Å². The Kier molecular flexibility index (Phi) is 3.13. The fourth-order valence-corrected chi connectivity index (χ4v) is 2.02. The van der Waals surface area contributed by atoms with Crippen LogP contribution in [0, 0.1) is 6.92 Å². The number of ether oxygens (including phenoxy) is 1. The molecule has 20 heavy (non-hydrogen) atoms. The molecule has 0 saturated heterocycles. The average molecular weight is 264 g/mol. The summed E-state index contributed by atoms with van der Waals surface area (Å²) in [5.74, 6) is 1.13. The number of nitrogens with zero attached hydrogens (tertiary/aromatic N) is 2. The van der Waals surface area contributed by atoms with Crippen molar-refractivity contribution in [2.75, 3.05) is 0 Å². The van der Waals surface area contributed by atoms with Crippen molar-refractivity contribution < 1.29 is 9.53 Å². The quantitative estimate of drug-likeness (QED) is 0.679. The van der Waals surface area contributed by atoms with Gasteiger partial charge in [0, 0.05) is 28.9 Å². The van der Waals surface area contributed by atoms with Crippen molar-refractivity contribution in [2.45, 2.75) is 6.92 Å². The molecule has 0 saturated carbocycles. The van der Waals surface area contributed by atoms with Crippen molar-refractivity contribution in [2.24, 2.45) is 0 Å². The van der Waals surface area contributed by atoms with Crippen LogP contribution in [0.25, 0.3) is 10.9 Å². The highest BCUT2D eigenvalue weighted by Crippen LogP contribution is 2.28. The van der Waals surface area contributed by atoms with Gasteiger partial charge in [0.05, 0.1) is 0 Å². The highest BCUT2D eigenvalue weighted by molar-refractivity contribution is 5.84. The van der Waals surface area contributed by atoms with Crippen molar-refractivity contribution in [3.63, 3.8) is 0 Å². The van der Waals surface area contributed by atoms with Crippen LogP contribution in [0.5, 0.6) is 11.6 Å². The summed E-state index contributed by atoms with van der Waals surface area (Å²) in [6, 6.07) is 11.3. The van der Waals surface area contributed by atoms with Crippen LogP contribution < -0.4 is 4.74 Å². The maximum Gasteiger partial charge on any atom is 0.222 e. The summed E-state index contributed by atoms with van der Waals surface area (Å²) >= 11 is 0. The van der Waals surface area contributed by atoms with Gasteiger partial charge in [0.2, 0.25) is 5.88 Å². The first-order valence-corrected chi connectivity index (χ1v) is 6.21. The predicted octanol–water partition coefficient (Wildman–Crippen LogP) is 3.54. The number of aldehydes is 1. The molecule has 0 amide bonds. The van der Waals surface area contributed by atoms with Crippen molar-refractivity contribution in [3.8, 4) is 11.6 Å². The summed E-state index contributed by atoms with van der Waals surface area (Å²) in [5.41, 5.74) is 2.13. The Morgan fingerprint density at radius 2 is 2.00 bits per heavy atom. The molecule has 0 radical (unpaired) electrons. The Bertz CT molecular complexity index is 779. The number of pyridine rings is 2. The molecule has 0 unspecified atom stereocenters. The summed E-state index contributed by atoms with van der Waals surface area (Å²) in [7, 11) is 0. The van der Waals surface area contributed by atoms with Gasteiger partial charge < -0.3 is 4.74 Å². The lowest BCUT2D eigenvalue weighted by Crippen LogP contribution is -1.94. The zero-order chi connectivity index (χ0) is 13.9. The molecule has 0 fully saturated rings. The first-order chi connectivity index (χ1) is 9.78. The highest BCUT2D eigenvalue weighted by Gasteiger charge is 2.08. The van der Waals surface area contributed by atoms with Crippen LogP contribution in [0.1, 0.15) is 15.9 Å². The molecule has 4 nitrogen and oxygen atoms in total. The molecule has 2 aromatic heterocycles. The van der Waals surface area contributed by atoms with Gasteiger partial charge in [-0.2, -0.15) is 0 Å². The van der Waals surface area contributed by atoms with Gasteiger partial charge in [-0.15, -0.1) is 0 Å². The number of hydrogen-bond acceptors (Lipinski definition) is 4. The van der Waals surface area contributed by atoms with Crippen LogP contribution in [0.2, 0.25) is 0 Å². The van der Waals surface area contributed by atoms with E-state index < -0.39 is 0 Å². The van der Waals surface area contributed by atoms with Gasteiger partial charge in [0.25, 0.3) is 0 Å². The van der Waals surface area contributed by atoms with E-state index in [2.05, 4.69) is 9.97 Å². The molecule has 3 aromatic rings. The molecular weight excluding hydrogens is 252 g/mol. The molecule has 1 aromatic carbocycles. The molecule has 3 rings (SSSR count). The van der Waals surface area contributed by atoms with E-state index in [9.17, 15) is 4.79 Å².